The van der Waals surface area contributed by atoms with Crippen LogP contribution < -0.4 is 0 Å². The van der Waals surface area contributed by atoms with E-state index < -0.39 is 0 Å². The SMILES string of the molecule is Cc1ncsc1CCOCC(=O)N(C)CCC#N. The number of aryl methyl sites for hydroxylation is 1. The van der Waals surface area contributed by atoms with Crippen LogP contribution in [0.15, 0.2) is 5.51 Å². The molecule has 0 N–H and O–H groups in total. The van der Waals surface area contributed by atoms with Crippen LogP contribution in [0.1, 0.15) is 17.0 Å². The Balaban J connectivity index is 2.16. The number of thiazole rings is 1. The van der Waals surface area contributed by atoms with Crippen LogP contribution in [0.4, 0.5) is 0 Å². The number of nitriles is 1. The molecule has 6 heteroatoms. The van der Waals surface area contributed by atoms with Crippen molar-refractivity contribution < 1.29 is 9.53 Å². The van der Waals surface area contributed by atoms with Gasteiger partial charge in [-0.25, -0.2) is 4.98 Å². The maximum absolute atomic E-state index is 11.6. The molecule has 1 aromatic rings. The number of ether oxygens (including phenoxy) is 1. The highest BCUT2D eigenvalue weighted by Crippen LogP contribution is 2.12. The summed E-state index contributed by atoms with van der Waals surface area (Å²) in [6.07, 6.45) is 1.13. The van der Waals surface area contributed by atoms with Gasteiger partial charge in [-0.05, 0) is 6.92 Å². The number of nitrogens with zero attached hydrogens (tertiary/aromatic N) is 3. The molecule has 0 fully saturated rings. The second-order valence-corrected chi connectivity index (χ2v) is 4.83. The van der Waals surface area contributed by atoms with Crippen LogP contribution in [0.25, 0.3) is 0 Å². The summed E-state index contributed by atoms with van der Waals surface area (Å²) < 4.78 is 5.33. The van der Waals surface area contributed by atoms with E-state index in [1.54, 1.807) is 18.4 Å². The second-order valence-electron chi connectivity index (χ2n) is 3.89. The number of hydrogen-bond donors (Lipinski definition) is 0. The highest BCUT2D eigenvalue weighted by atomic mass is 32.1. The average molecular weight is 267 g/mol. The predicted molar refractivity (Wildman–Crippen MR) is 69.2 cm³/mol. The topological polar surface area (TPSA) is 66.2 Å². The minimum Gasteiger partial charge on any atom is -0.371 e. The van der Waals surface area contributed by atoms with Gasteiger partial charge in [-0.15, -0.1) is 11.3 Å². The molecule has 0 radical (unpaired) electrons. The van der Waals surface area contributed by atoms with Crippen LogP contribution in [0.3, 0.4) is 0 Å². The lowest BCUT2D eigenvalue weighted by molar-refractivity contribution is -0.134. The quantitative estimate of drug-likeness (QED) is 0.700. The van der Waals surface area contributed by atoms with Gasteiger partial charge >= 0.3 is 0 Å². The van der Waals surface area contributed by atoms with Crippen molar-refractivity contribution in [2.75, 3.05) is 26.8 Å². The molecule has 1 heterocycles. The fourth-order valence-electron chi connectivity index (χ4n) is 1.34. The Kier molecular flexibility index (Phi) is 6.33. The molecule has 0 bridgehead atoms. The van der Waals surface area contributed by atoms with Gasteiger partial charge in [0.25, 0.3) is 0 Å². The number of amides is 1. The van der Waals surface area contributed by atoms with E-state index in [4.69, 9.17) is 10.00 Å². The van der Waals surface area contributed by atoms with Crippen LogP contribution in [0.5, 0.6) is 0 Å². The summed E-state index contributed by atoms with van der Waals surface area (Å²) in [7, 11) is 1.68. The Morgan fingerprint density at radius 1 is 1.67 bits per heavy atom. The first-order valence-corrected chi connectivity index (χ1v) is 6.60. The number of likely N-dealkylation sites (N-methyl/N-ethyl adjacent to an activating group) is 1. The number of hydrogen-bond acceptors (Lipinski definition) is 5. The summed E-state index contributed by atoms with van der Waals surface area (Å²) in [5.41, 5.74) is 2.84. The fraction of sp³-hybridized carbons (Fsp3) is 0.583. The second kappa shape index (κ2) is 7.80. The molecule has 1 rings (SSSR count). The maximum Gasteiger partial charge on any atom is 0.248 e. The first-order valence-electron chi connectivity index (χ1n) is 5.72. The lowest BCUT2D eigenvalue weighted by atomic mass is 10.3. The normalized spacial score (nSPS) is 10.1. The third kappa shape index (κ3) is 4.82. The van der Waals surface area contributed by atoms with Crippen molar-refractivity contribution in [1.29, 1.82) is 5.26 Å². The Bertz CT molecular complexity index is 425. The molecule has 0 saturated heterocycles. The largest absolute Gasteiger partial charge is 0.371 e. The minimum absolute atomic E-state index is 0.0692. The molecule has 0 aliphatic carbocycles. The third-order valence-corrected chi connectivity index (χ3v) is 3.52. The highest BCUT2D eigenvalue weighted by molar-refractivity contribution is 7.09. The molecule has 0 saturated carbocycles. The van der Waals surface area contributed by atoms with Crippen molar-refractivity contribution in [1.82, 2.24) is 9.88 Å². The smallest absolute Gasteiger partial charge is 0.248 e. The molecular formula is C12H17N3O2S. The number of rotatable bonds is 7. The molecule has 0 atom stereocenters. The van der Waals surface area contributed by atoms with E-state index >= 15 is 0 Å². The van der Waals surface area contributed by atoms with Gasteiger partial charge < -0.3 is 9.64 Å². The van der Waals surface area contributed by atoms with Gasteiger partial charge in [0.2, 0.25) is 5.91 Å². The van der Waals surface area contributed by atoms with Gasteiger partial charge in [0.05, 0.1) is 30.3 Å². The van der Waals surface area contributed by atoms with E-state index in [1.807, 2.05) is 18.5 Å². The number of carbonyl (C=O) groups is 1. The van der Waals surface area contributed by atoms with Gasteiger partial charge in [-0.1, -0.05) is 0 Å². The summed E-state index contributed by atoms with van der Waals surface area (Å²) in [6.45, 7) is 3.00. The standard InChI is InChI=1S/C12H17N3O2S/c1-10-11(18-9-14-10)4-7-17-8-12(16)15(2)6-3-5-13/h9H,3-4,6-8H2,1-2H3. The lowest BCUT2D eigenvalue weighted by Gasteiger charge is -2.15. The summed E-state index contributed by atoms with van der Waals surface area (Å²) in [5, 5.41) is 8.42. The Morgan fingerprint density at radius 2 is 2.44 bits per heavy atom. The van der Waals surface area contributed by atoms with Crippen molar-refractivity contribution in [2.24, 2.45) is 0 Å². The molecular weight excluding hydrogens is 250 g/mol. The van der Waals surface area contributed by atoms with E-state index in [0.29, 0.717) is 19.6 Å². The van der Waals surface area contributed by atoms with E-state index in [1.165, 1.54) is 9.78 Å². The van der Waals surface area contributed by atoms with Crippen LogP contribution in [-0.4, -0.2) is 42.6 Å². The molecule has 98 valence electrons. The molecule has 0 unspecified atom stereocenters. The van der Waals surface area contributed by atoms with Crippen molar-refractivity contribution in [2.45, 2.75) is 19.8 Å². The van der Waals surface area contributed by atoms with Crippen molar-refractivity contribution in [3.8, 4) is 6.07 Å². The Morgan fingerprint density at radius 3 is 3.06 bits per heavy atom. The van der Waals surface area contributed by atoms with Gasteiger partial charge in [0, 0.05) is 24.9 Å². The van der Waals surface area contributed by atoms with Gasteiger partial charge in [-0.2, -0.15) is 5.26 Å². The molecule has 0 spiro atoms. The first kappa shape index (κ1) is 14.6. The number of carbonyl (C=O) groups excluding carboxylic acids is 1. The zero-order valence-electron chi connectivity index (χ0n) is 10.7. The zero-order valence-corrected chi connectivity index (χ0v) is 11.5. The van der Waals surface area contributed by atoms with E-state index in [9.17, 15) is 4.79 Å². The average Bonchev–Trinajstić information content (AvgIpc) is 2.77. The third-order valence-electron chi connectivity index (χ3n) is 2.53. The Labute approximate surface area is 111 Å². The van der Waals surface area contributed by atoms with E-state index in [2.05, 4.69) is 4.98 Å². The Hall–Kier alpha value is -1.45. The molecule has 1 amide bonds. The predicted octanol–water partition coefficient (Wildman–Crippen LogP) is 1.38. The van der Waals surface area contributed by atoms with Crippen LogP contribution >= 0.6 is 11.3 Å². The molecule has 5 nitrogen and oxygen atoms in total. The highest BCUT2D eigenvalue weighted by Gasteiger charge is 2.08. The van der Waals surface area contributed by atoms with Gasteiger partial charge in [0.15, 0.2) is 0 Å². The molecule has 1 aromatic heterocycles. The van der Waals surface area contributed by atoms with E-state index in [0.717, 1.165) is 12.1 Å². The lowest BCUT2D eigenvalue weighted by Crippen LogP contribution is -2.31. The molecule has 0 aliphatic heterocycles. The fourth-order valence-corrected chi connectivity index (χ4v) is 2.11. The van der Waals surface area contributed by atoms with Crippen LogP contribution in [-0.2, 0) is 16.0 Å². The van der Waals surface area contributed by atoms with E-state index in [-0.39, 0.29) is 12.5 Å². The number of aromatic nitrogens is 1. The summed E-state index contributed by atoms with van der Waals surface area (Å²) in [6, 6.07) is 2.01. The maximum atomic E-state index is 11.6. The van der Waals surface area contributed by atoms with Crippen LogP contribution in [0.2, 0.25) is 0 Å². The zero-order chi connectivity index (χ0) is 13.4. The molecule has 18 heavy (non-hydrogen) atoms. The monoisotopic (exact) mass is 267 g/mol. The first-order chi connectivity index (χ1) is 8.65. The van der Waals surface area contributed by atoms with Crippen molar-refractivity contribution in [3.63, 3.8) is 0 Å². The molecule has 0 aliphatic rings. The van der Waals surface area contributed by atoms with Crippen molar-refractivity contribution >= 4 is 17.2 Å². The van der Waals surface area contributed by atoms with Crippen molar-refractivity contribution in [3.05, 3.63) is 16.1 Å². The summed E-state index contributed by atoms with van der Waals surface area (Å²) >= 11 is 1.60. The summed E-state index contributed by atoms with van der Waals surface area (Å²) in [4.78, 5) is 18.4. The van der Waals surface area contributed by atoms with Gasteiger partial charge in [0.1, 0.15) is 6.61 Å². The summed E-state index contributed by atoms with van der Waals surface area (Å²) in [5.74, 6) is -0.0914. The molecule has 0 aromatic carbocycles. The minimum atomic E-state index is -0.0914. The van der Waals surface area contributed by atoms with Gasteiger partial charge in [-0.3, -0.25) is 4.79 Å². The van der Waals surface area contributed by atoms with Crippen LogP contribution in [0, 0.1) is 18.3 Å².